The second-order valence-electron chi connectivity index (χ2n) is 7.87. The van der Waals surface area contributed by atoms with E-state index < -0.39 is 5.60 Å². The summed E-state index contributed by atoms with van der Waals surface area (Å²) in [6.45, 7) is 9.01. The summed E-state index contributed by atoms with van der Waals surface area (Å²) in [7, 11) is 0. The lowest BCUT2D eigenvalue weighted by atomic mass is 10.1. The molecule has 0 fully saturated rings. The summed E-state index contributed by atoms with van der Waals surface area (Å²) in [5.74, 6) is 0. The highest BCUT2D eigenvalue weighted by atomic mass is 16.6. The Morgan fingerprint density at radius 1 is 1.15 bits per heavy atom. The minimum absolute atomic E-state index is 0.128. The van der Waals surface area contributed by atoms with Gasteiger partial charge in [-0.05, 0) is 57.5 Å². The highest BCUT2D eigenvalue weighted by molar-refractivity contribution is 5.94. The molecule has 0 bridgehead atoms. The van der Waals surface area contributed by atoms with Gasteiger partial charge in [-0.15, -0.1) is 0 Å². The SMILES string of the molecule is CC1CN(C(=O)OC(C)(C)C)c2ccccc2N1Cc1ccc(C#N)cc1. The molecule has 0 aliphatic carbocycles. The summed E-state index contributed by atoms with van der Waals surface area (Å²) in [5, 5.41) is 8.97. The van der Waals surface area contributed by atoms with Gasteiger partial charge in [0, 0.05) is 19.1 Å². The standard InChI is InChI=1S/C22H25N3O2/c1-16-14-25(21(26)27-22(2,3)4)20-8-6-5-7-19(20)24(16)15-18-11-9-17(13-23)10-12-18/h5-12,16H,14-15H2,1-4H3. The molecule has 0 saturated carbocycles. The normalized spacial score (nSPS) is 16.5. The van der Waals surface area contributed by atoms with Crippen molar-refractivity contribution in [2.24, 2.45) is 0 Å². The van der Waals surface area contributed by atoms with Gasteiger partial charge in [0.1, 0.15) is 5.60 Å². The van der Waals surface area contributed by atoms with E-state index in [1.807, 2.05) is 69.3 Å². The van der Waals surface area contributed by atoms with Crippen molar-refractivity contribution < 1.29 is 9.53 Å². The third-order valence-corrected chi connectivity index (χ3v) is 4.51. The van der Waals surface area contributed by atoms with E-state index in [1.54, 1.807) is 4.90 Å². The lowest BCUT2D eigenvalue weighted by Crippen LogP contribution is -2.50. The van der Waals surface area contributed by atoms with Crippen LogP contribution in [0.3, 0.4) is 0 Å². The maximum atomic E-state index is 12.7. The predicted octanol–water partition coefficient (Wildman–Crippen LogP) is 4.71. The molecule has 140 valence electrons. The van der Waals surface area contributed by atoms with Crippen molar-refractivity contribution in [2.75, 3.05) is 16.3 Å². The molecule has 2 aromatic carbocycles. The number of rotatable bonds is 2. The summed E-state index contributed by atoms with van der Waals surface area (Å²) in [6, 6.07) is 17.8. The Morgan fingerprint density at radius 3 is 2.37 bits per heavy atom. The van der Waals surface area contributed by atoms with E-state index in [1.165, 1.54) is 0 Å². The van der Waals surface area contributed by atoms with Gasteiger partial charge in [0.2, 0.25) is 0 Å². The van der Waals surface area contributed by atoms with Gasteiger partial charge in [-0.25, -0.2) is 4.79 Å². The highest BCUT2D eigenvalue weighted by Gasteiger charge is 2.33. The second-order valence-corrected chi connectivity index (χ2v) is 7.87. The Kier molecular flexibility index (Phi) is 5.09. The van der Waals surface area contributed by atoms with Crippen molar-refractivity contribution >= 4 is 17.5 Å². The fourth-order valence-electron chi connectivity index (χ4n) is 3.25. The number of nitrogens with zero attached hydrogens (tertiary/aromatic N) is 3. The van der Waals surface area contributed by atoms with Crippen LogP contribution in [-0.2, 0) is 11.3 Å². The number of hydrogen-bond acceptors (Lipinski definition) is 4. The Bertz CT molecular complexity index is 862. The van der Waals surface area contributed by atoms with E-state index in [4.69, 9.17) is 10.00 Å². The molecule has 1 atom stereocenters. The van der Waals surface area contributed by atoms with Crippen LogP contribution in [0.25, 0.3) is 0 Å². The number of carbonyl (C=O) groups excluding carboxylic acids is 1. The Morgan fingerprint density at radius 2 is 1.78 bits per heavy atom. The maximum absolute atomic E-state index is 12.7. The average molecular weight is 363 g/mol. The number of nitriles is 1. The molecule has 0 spiro atoms. The molecule has 0 N–H and O–H groups in total. The molecule has 0 radical (unpaired) electrons. The fourth-order valence-corrected chi connectivity index (χ4v) is 3.25. The molecule has 5 heteroatoms. The van der Waals surface area contributed by atoms with E-state index in [0.29, 0.717) is 18.7 Å². The molecular weight excluding hydrogens is 338 g/mol. The lowest BCUT2D eigenvalue weighted by molar-refractivity contribution is 0.0576. The third kappa shape index (κ3) is 4.22. The van der Waals surface area contributed by atoms with Gasteiger partial charge < -0.3 is 9.64 Å². The topological polar surface area (TPSA) is 56.6 Å². The van der Waals surface area contributed by atoms with Gasteiger partial charge in [-0.3, -0.25) is 4.90 Å². The minimum Gasteiger partial charge on any atom is -0.443 e. The number of para-hydroxylation sites is 2. The smallest absolute Gasteiger partial charge is 0.414 e. The average Bonchev–Trinajstić information content (AvgIpc) is 2.63. The van der Waals surface area contributed by atoms with E-state index in [9.17, 15) is 4.79 Å². The van der Waals surface area contributed by atoms with Crippen molar-refractivity contribution in [1.29, 1.82) is 5.26 Å². The number of benzene rings is 2. The molecule has 0 aromatic heterocycles. The molecule has 27 heavy (non-hydrogen) atoms. The first kappa shape index (κ1) is 18.8. The summed E-state index contributed by atoms with van der Waals surface area (Å²) in [5.41, 5.74) is 3.11. The monoisotopic (exact) mass is 363 g/mol. The second kappa shape index (κ2) is 7.32. The van der Waals surface area contributed by atoms with E-state index in [-0.39, 0.29) is 12.1 Å². The lowest BCUT2D eigenvalue weighted by Gasteiger charge is -2.42. The van der Waals surface area contributed by atoms with Crippen molar-refractivity contribution in [3.8, 4) is 6.07 Å². The van der Waals surface area contributed by atoms with Gasteiger partial charge in [-0.2, -0.15) is 5.26 Å². The number of ether oxygens (including phenoxy) is 1. The molecule has 1 heterocycles. The number of amides is 1. The summed E-state index contributed by atoms with van der Waals surface area (Å²) >= 11 is 0. The van der Waals surface area contributed by atoms with Crippen molar-refractivity contribution in [1.82, 2.24) is 0 Å². The van der Waals surface area contributed by atoms with Crippen LogP contribution < -0.4 is 9.80 Å². The molecule has 5 nitrogen and oxygen atoms in total. The van der Waals surface area contributed by atoms with Gasteiger partial charge in [0.15, 0.2) is 0 Å². The third-order valence-electron chi connectivity index (χ3n) is 4.51. The largest absolute Gasteiger partial charge is 0.443 e. The molecule has 2 aromatic rings. The number of carbonyl (C=O) groups is 1. The van der Waals surface area contributed by atoms with Crippen LogP contribution in [0.2, 0.25) is 0 Å². The minimum atomic E-state index is -0.533. The van der Waals surface area contributed by atoms with Gasteiger partial charge in [-0.1, -0.05) is 24.3 Å². The Labute approximate surface area is 160 Å². The van der Waals surface area contributed by atoms with Crippen LogP contribution in [0.1, 0.15) is 38.8 Å². The van der Waals surface area contributed by atoms with E-state index >= 15 is 0 Å². The van der Waals surface area contributed by atoms with Crippen LogP contribution in [0.5, 0.6) is 0 Å². The molecule has 0 saturated heterocycles. The van der Waals surface area contributed by atoms with Crippen LogP contribution in [0, 0.1) is 11.3 Å². The van der Waals surface area contributed by atoms with Crippen LogP contribution in [0.4, 0.5) is 16.2 Å². The molecule has 1 amide bonds. The van der Waals surface area contributed by atoms with Crippen LogP contribution >= 0.6 is 0 Å². The van der Waals surface area contributed by atoms with Gasteiger partial charge in [0.25, 0.3) is 0 Å². The fraction of sp³-hybridized carbons (Fsp3) is 0.364. The summed E-state index contributed by atoms with van der Waals surface area (Å²) in [6.07, 6.45) is -0.320. The van der Waals surface area contributed by atoms with Gasteiger partial charge >= 0.3 is 6.09 Å². The molecular formula is C22H25N3O2. The highest BCUT2D eigenvalue weighted by Crippen LogP contribution is 2.37. The number of anilines is 2. The number of hydrogen-bond donors (Lipinski definition) is 0. The zero-order valence-electron chi connectivity index (χ0n) is 16.3. The molecule has 1 aliphatic heterocycles. The quantitative estimate of drug-likeness (QED) is 0.775. The predicted molar refractivity (Wildman–Crippen MR) is 107 cm³/mol. The van der Waals surface area contributed by atoms with Gasteiger partial charge in [0.05, 0.1) is 23.0 Å². The Hall–Kier alpha value is -3.00. The van der Waals surface area contributed by atoms with Crippen molar-refractivity contribution in [3.63, 3.8) is 0 Å². The first-order valence-corrected chi connectivity index (χ1v) is 9.14. The molecule has 1 aliphatic rings. The van der Waals surface area contributed by atoms with E-state index in [0.717, 1.165) is 16.9 Å². The maximum Gasteiger partial charge on any atom is 0.414 e. The molecule has 3 rings (SSSR count). The van der Waals surface area contributed by atoms with E-state index in [2.05, 4.69) is 17.9 Å². The summed E-state index contributed by atoms with van der Waals surface area (Å²) < 4.78 is 5.60. The first-order chi connectivity index (χ1) is 12.8. The van der Waals surface area contributed by atoms with Crippen molar-refractivity contribution in [2.45, 2.75) is 45.9 Å². The van der Waals surface area contributed by atoms with Crippen LogP contribution in [-0.4, -0.2) is 24.3 Å². The zero-order chi connectivity index (χ0) is 19.6. The van der Waals surface area contributed by atoms with Crippen molar-refractivity contribution in [3.05, 3.63) is 59.7 Å². The molecule has 1 unspecified atom stereocenters. The first-order valence-electron chi connectivity index (χ1n) is 9.14. The van der Waals surface area contributed by atoms with Crippen LogP contribution in [0.15, 0.2) is 48.5 Å². The number of fused-ring (bicyclic) bond motifs is 1. The Balaban J connectivity index is 1.89. The zero-order valence-corrected chi connectivity index (χ0v) is 16.3. The summed E-state index contributed by atoms with van der Waals surface area (Å²) in [4.78, 5) is 16.7.